The number of hydrogen-bond donors (Lipinski definition) is 2. The highest BCUT2D eigenvalue weighted by Gasteiger charge is 2.11. The van der Waals surface area contributed by atoms with Crippen LogP contribution < -0.4 is 15.4 Å². The van der Waals surface area contributed by atoms with Crippen molar-refractivity contribution in [3.05, 3.63) is 71.0 Å². The number of benzene rings is 2. The van der Waals surface area contributed by atoms with E-state index >= 15 is 0 Å². The van der Waals surface area contributed by atoms with E-state index in [-0.39, 0.29) is 12.0 Å². The summed E-state index contributed by atoms with van der Waals surface area (Å²) in [5.74, 6) is 0.990. The Bertz CT molecular complexity index is 973. The van der Waals surface area contributed by atoms with Crippen molar-refractivity contribution in [1.29, 1.82) is 0 Å². The molecule has 1 heterocycles. The Morgan fingerprint density at radius 1 is 0.966 bits per heavy atom. The Labute approximate surface area is 171 Å². The van der Waals surface area contributed by atoms with Crippen molar-refractivity contribution in [3.8, 4) is 5.75 Å². The summed E-state index contributed by atoms with van der Waals surface area (Å²) in [4.78, 5) is 21.1. The van der Waals surface area contributed by atoms with Crippen LogP contribution in [0.5, 0.6) is 5.75 Å². The van der Waals surface area contributed by atoms with Gasteiger partial charge in [0.2, 0.25) is 5.95 Å². The first kappa shape index (κ1) is 20.3. The topological polar surface area (TPSA) is 76.1 Å². The van der Waals surface area contributed by atoms with E-state index in [0.29, 0.717) is 11.5 Å². The van der Waals surface area contributed by atoms with Crippen LogP contribution in [-0.4, -0.2) is 22.0 Å². The van der Waals surface area contributed by atoms with Crippen LogP contribution in [0.1, 0.15) is 40.9 Å². The predicted molar refractivity (Wildman–Crippen MR) is 116 cm³/mol. The first-order valence-electron chi connectivity index (χ1n) is 9.57. The SMILES string of the molecule is Cc1cc(C)c(NC(=O)c2cnc(Nc3ccc(OC(C)C)cc3)nc2)c(C)c1. The van der Waals surface area contributed by atoms with Gasteiger partial charge in [0.05, 0.1) is 11.7 Å². The Balaban J connectivity index is 1.66. The number of anilines is 3. The van der Waals surface area contributed by atoms with Gasteiger partial charge >= 0.3 is 0 Å². The van der Waals surface area contributed by atoms with E-state index in [9.17, 15) is 4.79 Å². The van der Waals surface area contributed by atoms with Gasteiger partial charge in [-0.25, -0.2) is 9.97 Å². The van der Waals surface area contributed by atoms with Gasteiger partial charge in [-0.2, -0.15) is 0 Å². The summed E-state index contributed by atoms with van der Waals surface area (Å²) in [6, 6.07) is 11.6. The smallest absolute Gasteiger partial charge is 0.258 e. The highest BCUT2D eigenvalue weighted by molar-refractivity contribution is 6.04. The number of ether oxygens (including phenoxy) is 1. The largest absolute Gasteiger partial charge is 0.491 e. The van der Waals surface area contributed by atoms with E-state index < -0.39 is 0 Å². The molecule has 0 spiro atoms. The van der Waals surface area contributed by atoms with Gasteiger partial charge in [-0.1, -0.05) is 17.7 Å². The van der Waals surface area contributed by atoms with Crippen LogP contribution in [0, 0.1) is 20.8 Å². The molecule has 2 aromatic carbocycles. The summed E-state index contributed by atoms with van der Waals surface area (Å²) in [5, 5.41) is 6.07. The fourth-order valence-corrected chi connectivity index (χ4v) is 3.09. The monoisotopic (exact) mass is 390 g/mol. The third kappa shape index (κ3) is 5.31. The van der Waals surface area contributed by atoms with E-state index in [1.54, 1.807) is 0 Å². The minimum absolute atomic E-state index is 0.128. The Hall–Kier alpha value is -3.41. The molecule has 6 nitrogen and oxygen atoms in total. The zero-order valence-electron chi connectivity index (χ0n) is 17.4. The second-order valence-corrected chi connectivity index (χ2v) is 7.34. The first-order valence-corrected chi connectivity index (χ1v) is 9.57. The van der Waals surface area contributed by atoms with Crippen LogP contribution in [0.15, 0.2) is 48.8 Å². The highest BCUT2D eigenvalue weighted by atomic mass is 16.5. The third-order valence-electron chi connectivity index (χ3n) is 4.31. The molecular weight excluding hydrogens is 364 g/mol. The summed E-state index contributed by atoms with van der Waals surface area (Å²) in [6.45, 7) is 9.97. The summed E-state index contributed by atoms with van der Waals surface area (Å²) in [7, 11) is 0. The molecule has 3 aromatic rings. The number of carbonyl (C=O) groups excluding carboxylic acids is 1. The molecule has 3 rings (SSSR count). The maximum Gasteiger partial charge on any atom is 0.258 e. The van der Waals surface area contributed by atoms with Gasteiger partial charge in [-0.15, -0.1) is 0 Å². The molecule has 150 valence electrons. The van der Waals surface area contributed by atoms with Crippen LogP contribution >= 0.6 is 0 Å². The summed E-state index contributed by atoms with van der Waals surface area (Å²) >= 11 is 0. The van der Waals surface area contributed by atoms with Crippen LogP contribution in [0.25, 0.3) is 0 Å². The molecule has 0 radical (unpaired) electrons. The molecule has 29 heavy (non-hydrogen) atoms. The lowest BCUT2D eigenvalue weighted by atomic mass is 10.0. The van der Waals surface area contributed by atoms with E-state index in [0.717, 1.165) is 28.3 Å². The van der Waals surface area contributed by atoms with E-state index in [2.05, 4.69) is 20.6 Å². The fraction of sp³-hybridized carbons (Fsp3) is 0.261. The maximum absolute atomic E-state index is 12.6. The van der Waals surface area contributed by atoms with E-state index in [1.807, 2.05) is 71.0 Å². The van der Waals surface area contributed by atoms with E-state index in [4.69, 9.17) is 4.74 Å². The van der Waals surface area contributed by atoms with E-state index in [1.165, 1.54) is 18.0 Å². The van der Waals surface area contributed by atoms with Gasteiger partial charge in [0.25, 0.3) is 5.91 Å². The molecule has 1 aromatic heterocycles. The number of aromatic nitrogens is 2. The van der Waals surface area contributed by atoms with Crippen molar-refractivity contribution >= 4 is 23.2 Å². The molecule has 0 unspecified atom stereocenters. The Morgan fingerprint density at radius 3 is 2.10 bits per heavy atom. The summed E-state index contributed by atoms with van der Waals surface area (Å²) in [5.41, 5.74) is 5.28. The first-order chi connectivity index (χ1) is 13.8. The van der Waals surface area contributed by atoms with Crippen molar-refractivity contribution < 1.29 is 9.53 Å². The predicted octanol–water partition coefficient (Wildman–Crippen LogP) is 5.18. The molecule has 0 aliphatic rings. The molecule has 0 fully saturated rings. The Morgan fingerprint density at radius 2 is 1.55 bits per heavy atom. The van der Waals surface area contributed by atoms with Crippen LogP contribution in [0.3, 0.4) is 0 Å². The molecule has 1 amide bonds. The number of hydrogen-bond acceptors (Lipinski definition) is 5. The van der Waals surface area contributed by atoms with Crippen LogP contribution in [0.4, 0.5) is 17.3 Å². The number of aryl methyl sites for hydroxylation is 3. The number of rotatable bonds is 6. The minimum Gasteiger partial charge on any atom is -0.491 e. The normalized spacial score (nSPS) is 10.7. The second kappa shape index (κ2) is 8.73. The average molecular weight is 390 g/mol. The molecule has 6 heteroatoms. The third-order valence-corrected chi connectivity index (χ3v) is 4.31. The van der Waals surface area contributed by atoms with Crippen LogP contribution in [0.2, 0.25) is 0 Å². The van der Waals surface area contributed by atoms with Gasteiger partial charge in [0.1, 0.15) is 5.75 Å². The zero-order valence-corrected chi connectivity index (χ0v) is 17.4. The van der Waals surface area contributed by atoms with Gasteiger partial charge in [0.15, 0.2) is 0 Å². The molecular formula is C23H26N4O2. The molecule has 0 atom stereocenters. The van der Waals surface area contributed by atoms with Crippen molar-refractivity contribution in [2.75, 3.05) is 10.6 Å². The van der Waals surface area contributed by atoms with Crippen LogP contribution in [-0.2, 0) is 0 Å². The number of nitrogens with zero attached hydrogens (tertiary/aromatic N) is 2. The van der Waals surface area contributed by atoms with Crippen molar-refractivity contribution in [1.82, 2.24) is 9.97 Å². The number of nitrogens with one attached hydrogen (secondary N) is 2. The Kier molecular flexibility index (Phi) is 6.12. The van der Waals surface area contributed by atoms with Crippen molar-refractivity contribution in [3.63, 3.8) is 0 Å². The minimum atomic E-state index is -0.234. The quantitative estimate of drug-likeness (QED) is 0.606. The van der Waals surface area contributed by atoms with Gasteiger partial charge in [-0.3, -0.25) is 4.79 Å². The average Bonchev–Trinajstić information content (AvgIpc) is 2.66. The number of amides is 1. The fourth-order valence-electron chi connectivity index (χ4n) is 3.09. The molecule has 2 N–H and O–H groups in total. The van der Waals surface area contributed by atoms with Gasteiger partial charge in [0, 0.05) is 23.8 Å². The molecule has 0 aliphatic carbocycles. The molecule has 0 bridgehead atoms. The highest BCUT2D eigenvalue weighted by Crippen LogP contribution is 2.23. The molecule has 0 aliphatic heterocycles. The standard InChI is InChI=1S/C23H26N4O2/c1-14(2)29-20-8-6-19(7-9-20)26-23-24-12-18(13-25-23)22(28)27-21-16(4)10-15(3)11-17(21)5/h6-14H,1-5H3,(H,27,28)(H,24,25,26). The van der Waals surface area contributed by atoms with Gasteiger partial charge in [-0.05, 0) is 70.0 Å². The van der Waals surface area contributed by atoms with Gasteiger partial charge < -0.3 is 15.4 Å². The zero-order chi connectivity index (χ0) is 21.0. The lowest BCUT2D eigenvalue weighted by molar-refractivity contribution is 0.102. The summed E-state index contributed by atoms with van der Waals surface area (Å²) < 4.78 is 5.63. The summed E-state index contributed by atoms with van der Waals surface area (Å²) in [6.07, 6.45) is 3.16. The second-order valence-electron chi connectivity index (χ2n) is 7.34. The van der Waals surface area contributed by atoms with Crippen molar-refractivity contribution in [2.24, 2.45) is 0 Å². The van der Waals surface area contributed by atoms with Crippen molar-refractivity contribution in [2.45, 2.75) is 40.7 Å². The number of carbonyl (C=O) groups is 1. The molecule has 0 saturated heterocycles. The maximum atomic E-state index is 12.6. The lowest BCUT2D eigenvalue weighted by Crippen LogP contribution is -2.15. The molecule has 0 saturated carbocycles. The lowest BCUT2D eigenvalue weighted by Gasteiger charge is -2.13.